The zero-order valence-electron chi connectivity index (χ0n) is 14.5. The van der Waals surface area contributed by atoms with Crippen molar-refractivity contribution in [2.24, 2.45) is 0 Å². The Labute approximate surface area is 144 Å². The number of halogens is 1. The highest BCUT2D eigenvalue weighted by molar-refractivity contribution is 5.79. The Bertz CT molecular complexity index is 540. The van der Waals surface area contributed by atoms with E-state index < -0.39 is 0 Å². The van der Waals surface area contributed by atoms with Crippen LogP contribution in [0.5, 0.6) is 0 Å². The lowest BCUT2D eigenvalue weighted by Crippen LogP contribution is -2.46. The number of nitrogens with zero attached hydrogens (tertiary/aromatic N) is 2. The fourth-order valence-corrected chi connectivity index (χ4v) is 3.76. The number of hydrogen-bond donors (Lipinski definition) is 1. The second kappa shape index (κ2) is 8.08. The molecular formula is C19H28FN3O. The largest absolute Gasteiger partial charge is 0.341 e. The molecule has 0 aromatic heterocycles. The topological polar surface area (TPSA) is 35.6 Å². The maximum Gasteiger partial charge on any atom is 0.224 e. The quantitative estimate of drug-likeness (QED) is 0.865. The van der Waals surface area contributed by atoms with Crippen molar-refractivity contribution in [3.05, 3.63) is 35.6 Å². The summed E-state index contributed by atoms with van der Waals surface area (Å²) in [6, 6.07) is 7.38. The Morgan fingerprint density at radius 1 is 1.17 bits per heavy atom. The number of nitrogens with one attached hydrogen (secondary N) is 1. The molecule has 1 amide bonds. The van der Waals surface area contributed by atoms with Crippen LogP contribution in [0.1, 0.15) is 31.7 Å². The van der Waals surface area contributed by atoms with Gasteiger partial charge in [0, 0.05) is 31.6 Å². The molecule has 0 unspecified atom stereocenters. The Hall–Kier alpha value is -1.46. The molecule has 2 fully saturated rings. The summed E-state index contributed by atoms with van der Waals surface area (Å²) in [5.74, 6) is 0.0231. The molecule has 2 aliphatic rings. The molecule has 0 aliphatic carbocycles. The number of likely N-dealkylation sites (tertiary alicyclic amines) is 2. The molecule has 1 aromatic rings. The Morgan fingerprint density at radius 3 is 2.54 bits per heavy atom. The van der Waals surface area contributed by atoms with Gasteiger partial charge in [-0.15, -0.1) is 0 Å². The average Bonchev–Trinajstić information content (AvgIpc) is 2.94. The van der Waals surface area contributed by atoms with Crippen molar-refractivity contribution in [1.29, 1.82) is 0 Å². The maximum atomic E-state index is 12.9. The van der Waals surface area contributed by atoms with E-state index in [1.54, 1.807) is 12.1 Å². The van der Waals surface area contributed by atoms with Gasteiger partial charge >= 0.3 is 0 Å². The van der Waals surface area contributed by atoms with Crippen LogP contribution in [0.4, 0.5) is 4.39 Å². The molecule has 1 atom stereocenters. The second-order valence-corrected chi connectivity index (χ2v) is 6.99. The molecule has 2 saturated heterocycles. The van der Waals surface area contributed by atoms with E-state index >= 15 is 0 Å². The van der Waals surface area contributed by atoms with Gasteiger partial charge in [0.15, 0.2) is 0 Å². The average molecular weight is 333 g/mol. The van der Waals surface area contributed by atoms with Crippen molar-refractivity contribution in [2.75, 3.05) is 32.7 Å². The third-order valence-electron chi connectivity index (χ3n) is 5.30. The van der Waals surface area contributed by atoms with Gasteiger partial charge in [-0.05, 0) is 56.6 Å². The van der Waals surface area contributed by atoms with Crippen molar-refractivity contribution >= 4 is 5.91 Å². The molecule has 24 heavy (non-hydrogen) atoms. The maximum absolute atomic E-state index is 12.9. The summed E-state index contributed by atoms with van der Waals surface area (Å²) >= 11 is 0. The minimum absolute atomic E-state index is 0.214. The van der Waals surface area contributed by atoms with Gasteiger partial charge in [0.05, 0.1) is 0 Å². The molecular weight excluding hydrogens is 305 g/mol. The lowest BCUT2D eigenvalue weighted by atomic mass is 10.0. The van der Waals surface area contributed by atoms with Crippen molar-refractivity contribution < 1.29 is 9.18 Å². The Kier molecular flexibility index (Phi) is 5.85. The number of carbonyl (C=O) groups excluding carboxylic acids is 1. The molecule has 0 bridgehead atoms. The number of piperidine rings is 1. The van der Waals surface area contributed by atoms with E-state index in [-0.39, 0.29) is 17.8 Å². The van der Waals surface area contributed by atoms with Crippen LogP contribution < -0.4 is 5.32 Å². The Morgan fingerprint density at radius 2 is 1.88 bits per heavy atom. The van der Waals surface area contributed by atoms with E-state index in [9.17, 15) is 9.18 Å². The van der Waals surface area contributed by atoms with E-state index in [0.717, 1.165) is 44.7 Å². The number of amides is 1. The van der Waals surface area contributed by atoms with E-state index in [0.29, 0.717) is 12.5 Å². The number of benzene rings is 1. The summed E-state index contributed by atoms with van der Waals surface area (Å²) in [6.45, 7) is 7.17. The van der Waals surface area contributed by atoms with Crippen molar-refractivity contribution in [1.82, 2.24) is 15.1 Å². The molecule has 2 aliphatic heterocycles. The van der Waals surface area contributed by atoms with Crippen LogP contribution in [-0.4, -0.2) is 60.5 Å². The van der Waals surface area contributed by atoms with Crippen LogP contribution in [0.15, 0.2) is 24.3 Å². The molecule has 5 heteroatoms. The lowest BCUT2D eigenvalue weighted by molar-refractivity contribution is -0.127. The highest BCUT2D eigenvalue weighted by Gasteiger charge is 2.31. The predicted molar refractivity (Wildman–Crippen MR) is 93.4 cm³/mol. The molecule has 0 saturated carbocycles. The smallest absolute Gasteiger partial charge is 0.224 e. The fraction of sp³-hybridized carbons (Fsp3) is 0.632. The van der Waals surface area contributed by atoms with Gasteiger partial charge in [0.2, 0.25) is 5.91 Å². The SMILES string of the molecule is CCN1CCC(N[C@@H]2CC(=O)N(CCc3ccc(F)cc3)C2)CC1. The minimum Gasteiger partial charge on any atom is -0.341 e. The van der Waals surface area contributed by atoms with Gasteiger partial charge < -0.3 is 15.1 Å². The molecule has 2 heterocycles. The predicted octanol–water partition coefficient (Wildman–Crippen LogP) is 2.04. The Balaban J connectivity index is 1.43. The third kappa shape index (κ3) is 4.54. The standard InChI is InChI=1S/C19H28FN3O/c1-2-22-10-8-17(9-11-22)21-18-13-19(24)23(14-18)12-7-15-3-5-16(20)6-4-15/h3-6,17-18,21H,2,7-14H2,1H3/t18-/m1/s1. The molecule has 1 aromatic carbocycles. The van der Waals surface area contributed by atoms with E-state index in [2.05, 4.69) is 17.1 Å². The first-order chi connectivity index (χ1) is 11.6. The van der Waals surface area contributed by atoms with Crippen LogP contribution in [0, 0.1) is 5.82 Å². The zero-order chi connectivity index (χ0) is 16.9. The van der Waals surface area contributed by atoms with Crippen LogP contribution >= 0.6 is 0 Å². The summed E-state index contributed by atoms with van der Waals surface area (Å²) in [7, 11) is 0. The van der Waals surface area contributed by atoms with Crippen LogP contribution in [0.25, 0.3) is 0 Å². The van der Waals surface area contributed by atoms with E-state index in [4.69, 9.17) is 0 Å². The van der Waals surface area contributed by atoms with E-state index in [1.807, 2.05) is 4.90 Å². The summed E-state index contributed by atoms with van der Waals surface area (Å²) in [5, 5.41) is 3.69. The van der Waals surface area contributed by atoms with Gasteiger partial charge in [-0.3, -0.25) is 4.79 Å². The fourth-order valence-electron chi connectivity index (χ4n) is 3.76. The second-order valence-electron chi connectivity index (χ2n) is 6.99. The zero-order valence-corrected chi connectivity index (χ0v) is 14.5. The minimum atomic E-state index is -0.214. The van der Waals surface area contributed by atoms with Gasteiger partial charge in [0.1, 0.15) is 5.82 Å². The van der Waals surface area contributed by atoms with Crippen molar-refractivity contribution in [2.45, 2.75) is 44.7 Å². The molecule has 132 valence electrons. The van der Waals surface area contributed by atoms with Crippen molar-refractivity contribution in [3.63, 3.8) is 0 Å². The van der Waals surface area contributed by atoms with Gasteiger partial charge in [-0.2, -0.15) is 0 Å². The van der Waals surface area contributed by atoms with Crippen LogP contribution in [0.2, 0.25) is 0 Å². The molecule has 4 nitrogen and oxygen atoms in total. The highest BCUT2D eigenvalue weighted by Crippen LogP contribution is 2.16. The van der Waals surface area contributed by atoms with E-state index in [1.165, 1.54) is 25.0 Å². The summed E-state index contributed by atoms with van der Waals surface area (Å²) in [6.07, 6.45) is 3.74. The first-order valence-corrected chi connectivity index (χ1v) is 9.14. The summed E-state index contributed by atoms with van der Waals surface area (Å²) < 4.78 is 12.9. The normalized spacial score (nSPS) is 23.2. The molecule has 0 radical (unpaired) electrons. The first-order valence-electron chi connectivity index (χ1n) is 9.14. The highest BCUT2D eigenvalue weighted by atomic mass is 19.1. The number of carbonyl (C=O) groups is 1. The molecule has 3 rings (SSSR count). The molecule has 1 N–H and O–H groups in total. The molecule has 0 spiro atoms. The van der Waals surface area contributed by atoms with Gasteiger partial charge in [-0.1, -0.05) is 19.1 Å². The summed E-state index contributed by atoms with van der Waals surface area (Å²) in [4.78, 5) is 16.6. The monoisotopic (exact) mass is 333 g/mol. The summed E-state index contributed by atoms with van der Waals surface area (Å²) in [5.41, 5.74) is 1.08. The number of hydrogen-bond acceptors (Lipinski definition) is 3. The van der Waals surface area contributed by atoms with Crippen LogP contribution in [-0.2, 0) is 11.2 Å². The van der Waals surface area contributed by atoms with Crippen molar-refractivity contribution in [3.8, 4) is 0 Å². The first kappa shape index (κ1) is 17.4. The number of rotatable bonds is 6. The van der Waals surface area contributed by atoms with Crippen LogP contribution in [0.3, 0.4) is 0 Å². The van der Waals surface area contributed by atoms with Gasteiger partial charge in [0.25, 0.3) is 0 Å². The third-order valence-corrected chi connectivity index (χ3v) is 5.30. The lowest BCUT2D eigenvalue weighted by Gasteiger charge is -2.33. The van der Waals surface area contributed by atoms with Gasteiger partial charge in [-0.25, -0.2) is 4.39 Å².